The Morgan fingerprint density at radius 1 is 0.885 bits per heavy atom. The van der Waals surface area contributed by atoms with Crippen molar-refractivity contribution in [3.8, 4) is 0 Å². The highest BCUT2D eigenvalue weighted by atomic mass is 16.3. The van der Waals surface area contributed by atoms with Crippen LogP contribution in [0.3, 0.4) is 0 Å². The number of nitrogens with zero attached hydrogens (tertiary/aromatic N) is 1. The predicted octanol–water partition coefficient (Wildman–Crippen LogP) is 6.45. The van der Waals surface area contributed by atoms with Gasteiger partial charge in [-0.15, -0.1) is 0 Å². The van der Waals surface area contributed by atoms with Gasteiger partial charge in [0.05, 0.1) is 0 Å². The van der Waals surface area contributed by atoms with Gasteiger partial charge in [-0.3, -0.25) is 0 Å². The van der Waals surface area contributed by atoms with Crippen molar-refractivity contribution in [2.45, 2.75) is 123 Å². The van der Waals surface area contributed by atoms with E-state index in [2.05, 4.69) is 24.4 Å². The highest BCUT2D eigenvalue weighted by molar-refractivity contribution is 4.94. The van der Waals surface area contributed by atoms with Gasteiger partial charge >= 0.3 is 0 Å². The van der Waals surface area contributed by atoms with Crippen molar-refractivity contribution in [1.29, 1.82) is 0 Å². The van der Waals surface area contributed by atoms with Crippen LogP contribution in [0.15, 0.2) is 24.6 Å². The Morgan fingerprint density at radius 3 is 2.00 bits per heavy atom. The average molecular weight is 365 g/mol. The van der Waals surface area contributed by atoms with Gasteiger partial charge in [0.1, 0.15) is 12.4 Å². The van der Waals surface area contributed by atoms with Crippen molar-refractivity contribution >= 4 is 0 Å². The van der Waals surface area contributed by atoms with Crippen molar-refractivity contribution in [2.75, 3.05) is 0 Å². The molecule has 0 aromatic rings. The third-order valence-electron chi connectivity index (χ3n) is 5.32. The van der Waals surface area contributed by atoms with Gasteiger partial charge in [0.15, 0.2) is 0 Å². The van der Waals surface area contributed by atoms with E-state index in [4.69, 9.17) is 0 Å². The zero-order chi connectivity index (χ0) is 18.9. The topological polar surface area (TPSA) is 35.5 Å². The molecule has 0 aromatic heterocycles. The van der Waals surface area contributed by atoms with Crippen molar-refractivity contribution < 1.29 is 5.11 Å². The van der Waals surface area contributed by atoms with Gasteiger partial charge in [-0.05, 0) is 45.4 Å². The van der Waals surface area contributed by atoms with Crippen LogP contribution in [0.4, 0.5) is 0 Å². The maximum atomic E-state index is 9.69. The molecule has 0 saturated heterocycles. The number of nitrogens with one attached hydrogen (secondary N) is 1. The number of unbranched alkanes of at least 4 members (excludes halogenated alkanes) is 12. The van der Waals surface area contributed by atoms with E-state index in [1.807, 2.05) is 24.2 Å². The molecule has 0 aromatic carbocycles. The molecule has 1 aliphatic rings. The largest absolute Gasteiger partial charge is 0.374 e. The Hall–Kier alpha value is -0.960. The summed E-state index contributed by atoms with van der Waals surface area (Å²) in [4.78, 5) is 2.00. The van der Waals surface area contributed by atoms with Gasteiger partial charge in [0, 0.05) is 12.4 Å². The monoisotopic (exact) mass is 364 g/mol. The zero-order valence-corrected chi connectivity index (χ0v) is 17.5. The lowest BCUT2D eigenvalue weighted by Crippen LogP contribution is -2.40. The molecule has 0 saturated carbocycles. The molecule has 1 aliphatic heterocycles. The summed E-state index contributed by atoms with van der Waals surface area (Å²) < 4.78 is 0. The first-order valence-corrected chi connectivity index (χ1v) is 11.3. The fourth-order valence-electron chi connectivity index (χ4n) is 3.63. The minimum absolute atomic E-state index is 0.288. The van der Waals surface area contributed by atoms with Gasteiger partial charge in [-0.25, -0.2) is 0 Å². The second-order valence-electron chi connectivity index (χ2n) is 7.80. The molecular formula is C23H44N2O. The van der Waals surface area contributed by atoms with Crippen molar-refractivity contribution in [3.05, 3.63) is 24.6 Å². The minimum atomic E-state index is -0.400. The summed E-state index contributed by atoms with van der Waals surface area (Å²) in [5.74, 6) is 0. The number of hydrogen-bond acceptors (Lipinski definition) is 3. The number of hydrogen-bond donors (Lipinski definition) is 2. The number of rotatable bonds is 17. The first kappa shape index (κ1) is 23.1. The minimum Gasteiger partial charge on any atom is -0.374 e. The van der Waals surface area contributed by atoms with Crippen LogP contribution in [-0.4, -0.2) is 22.4 Å². The van der Waals surface area contributed by atoms with E-state index < -0.39 is 6.23 Å². The van der Waals surface area contributed by atoms with Crippen LogP contribution < -0.4 is 5.32 Å². The molecule has 0 spiro atoms. The van der Waals surface area contributed by atoms with E-state index in [1.54, 1.807) is 0 Å². The average Bonchev–Trinajstić information content (AvgIpc) is 3.10. The molecule has 0 fully saturated rings. The van der Waals surface area contributed by atoms with E-state index in [9.17, 15) is 5.11 Å². The highest BCUT2D eigenvalue weighted by Gasteiger charge is 2.20. The molecule has 2 N–H and O–H groups in total. The summed E-state index contributed by atoms with van der Waals surface area (Å²) in [7, 11) is 0. The Bertz CT molecular complexity index is 365. The first-order chi connectivity index (χ1) is 12.8. The third-order valence-corrected chi connectivity index (χ3v) is 5.32. The summed E-state index contributed by atoms with van der Waals surface area (Å²) in [6.45, 7) is 4.09. The van der Waals surface area contributed by atoms with Gasteiger partial charge in [-0.1, -0.05) is 76.9 Å². The molecule has 2 atom stereocenters. The van der Waals surface area contributed by atoms with Gasteiger partial charge in [0.25, 0.3) is 0 Å². The lowest BCUT2D eigenvalue weighted by Gasteiger charge is -2.28. The molecule has 1 rings (SSSR count). The Morgan fingerprint density at radius 2 is 1.42 bits per heavy atom. The van der Waals surface area contributed by atoms with Gasteiger partial charge < -0.3 is 15.3 Å². The Labute approximate surface area is 162 Å². The standard InChI is InChI=1S/C23H44N2O/c1-3-4-5-6-7-8-9-10-11-12-13-14-15-16-17-18-19-23-24-20-21-25(23)22(2)26/h7-8,20-24,26H,3-6,9-19H2,1-2H3/b8-7+. The van der Waals surface area contributed by atoms with E-state index in [-0.39, 0.29) is 6.17 Å². The number of aliphatic hydroxyl groups is 1. The quantitative estimate of drug-likeness (QED) is 0.230. The summed E-state index contributed by atoms with van der Waals surface area (Å²) in [5, 5.41) is 13.0. The first-order valence-electron chi connectivity index (χ1n) is 11.3. The molecule has 0 bridgehead atoms. The third kappa shape index (κ3) is 11.6. The summed E-state index contributed by atoms with van der Waals surface area (Å²) >= 11 is 0. The fourth-order valence-corrected chi connectivity index (χ4v) is 3.63. The molecular weight excluding hydrogens is 320 g/mol. The van der Waals surface area contributed by atoms with Crippen LogP contribution in [0.2, 0.25) is 0 Å². The Kier molecular flexibility index (Phi) is 14.4. The maximum Gasteiger partial charge on any atom is 0.125 e. The lowest BCUT2D eigenvalue weighted by atomic mass is 10.0. The zero-order valence-electron chi connectivity index (χ0n) is 17.5. The van der Waals surface area contributed by atoms with Crippen molar-refractivity contribution in [3.63, 3.8) is 0 Å². The fraction of sp³-hybridized carbons (Fsp3) is 0.826. The van der Waals surface area contributed by atoms with Crippen LogP contribution >= 0.6 is 0 Å². The number of allylic oxidation sites excluding steroid dienone is 2. The van der Waals surface area contributed by atoms with Gasteiger partial charge in [-0.2, -0.15) is 0 Å². The van der Waals surface area contributed by atoms with Crippen LogP contribution in [0.25, 0.3) is 0 Å². The molecule has 152 valence electrons. The second-order valence-corrected chi connectivity index (χ2v) is 7.80. The molecule has 0 radical (unpaired) electrons. The molecule has 0 amide bonds. The number of aliphatic hydroxyl groups excluding tert-OH is 1. The van der Waals surface area contributed by atoms with E-state index in [1.165, 1.54) is 89.9 Å². The smallest absolute Gasteiger partial charge is 0.125 e. The maximum absolute atomic E-state index is 9.69. The highest BCUT2D eigenvalue weighted by Crippen LogP contribution is 2.16. The van der Waals surface area contributed by atoms with Gasteiger partial charge in [0.2, 0.25) is 0 Å². The second kappa shape index (κ2) is 16.2. The predicted molar refractivity (Wildman–Crippen MR) is 114 cm³/mol. The van der Waals surface area contributed by atoms with E-state index in [0.29, 0.717) is 0 Å². The molecule has 2 unspecified atom stereocenters. The van der Waals surface area contributed by atoms with Crippen LogP contribution in [0, 0.1) is 0 Å². The molecule has 26 heavy (non-hydrogen) atoms. The van der Waals surface area contributed by atoms with E-state index >= 15 is 0 Å². The summed E-state index contributed by atoms with van der Waals surface area (Å²) in [6.07, 6.45) is 28.6. The van der Waals surface area contributed by atoms with Crippen LogP contribution in [0.5, 0.6) is 0 Å². The van der Waals surface area contributed by atoms with Crippen LogP contribution in [-0.2, 0) is 0 Å². The molecule has 3 nitrogen and oxygen atoms in total. The molecule has 0 aliphatic carbocycles. The van der Waals surface area contributed by atoms with Crippen molar-refractivity contribution in [1.82, 2.24) is 10.2 Å². The molecule has 3 heteroatoms. The normalized spacial score (nSPS) is 18.0. The van der Waals surface area contributed by atoms with Crippen LogP contribution in [0.1, 0.15) is 110 Å². The SMILES string of the molecule is CCCCC/C=C/CCCCCCCCCCCC1NC=CN1C(C)O. The van der Waals surface area contributed by atoms with Crippen molar-refractivity contribution in [2.24, 2.45) is 0 Å². The summed E-state index contributed by atoms with van der Waals surface area (Å²) in [6, 6.07) is 0. The molecule has 1 heterocycles. The lowest BCUT2D eigenvalue weighted by molar-refractivity contribution is 0.0254. The van der Waals surface area contributed by atoms with E-state index in [0.717, 1.165) is 6.42 Å². The Balaban J connectivity index is 1.79. The summed E-state index contributed by atoms with van der Waals surface area (Å²) in [5.41, 5.74) is 0.